The summed E-state index contributed by atoms with van der Waals surface area (Å²) >= 11 is 0. The number of fused-ring (bicyclic) bond motifs is 17. The molecule has 0 atom stereocenters. The molecular weight excluding hydrogens is 715 g/mol. The molecule has 270 valence electrons. The molecular formula is C54H31BN4. The predicted molar refractivity (Wildman–Crippen MR) is 249 cm³/mol. The third-order valence-electron chi connectivity index (χ3n) is 13.7. The summed E-state index contributed by atoms with van der Waals surface area (Å²) in [5.74, 6) is 0. The highest BCUT2D eigenvalue weighted by Crippen LogP contribution is 2.47. The van der Waals surface area contributed by atoms with Crippen LogP contribution in [0.5, 0.6) is 0 Å². The van der Waals surface area contributed by atoms with E-state index in [0.29, 0.717) is 0 Å². The van der Waals surface area contributed by atoms with Crippen LogP contribution >= 0.6 is 0 Å². The summed E-state index contributed by atoms with van der Waals surface area (Å²) in [6.45, 7) is 0.0538. The maximum Gasteiger partial charge on any atom is 0.252 e. The minimum Gasteiger partial charge on any atom is -0.311 e. The van der Waals surface area contributed by atoms with Gasteiger partial charge in [0.1, 0.15) is 0 Å². The lowest BCUT2D eigenvalue weighted by atomic mass is 9.34. The lowest BCUT2D eigenvalue weighted by molar-refractivity contribution is 1.13. The van der Waals surface area contributed by atoms with Gasteiger partial charge in [-0.05, 0) is 71.0 Å². The van der Waals surface area contributed by atoms with E-state index in [1.54, 1.807) is 0 Å². The first kappa shape index (κ1) is 30.4. The molecule has 2 aliphatic rings. The molecule has 4 nitrogen and oxygen atoms in total. The maximum atomic E-state index is 2.66. The molecule has 5 heteroatoms. The summed E-state index contributed by atoms with van der Waals surface area (Å²) in [4.78, 5) is 2.52. The van der Waals surface area contributed by atoms with Crippen molar-refractivity contribution < 1.29 is 0 Å². The molecule has 13 aromatic rings. The van der Waals surface area contributed by atoms with Gasteiger partial charge in [-0.15, -0.1) is 0 Å². The van der Waals surface area contributed by atoms with E-state index in [1.165, 1.54) is 115 Å². The van der Waals surface area contributed by atoms with Crippen molar-refractivity contribution in [3.05, 3.63) is 188 Å². The molecule has 0 aliphatic carbocycles. The number of rotatable bonds is 2. The Balaban J connectivity index is 1.18. The minimum atomic E-state index is 0.0538. The second kappa shape index (κ2) is 10.6. The molecule has 0 radical (unpaired) electrons. The first-order valence-electron chi connectivity index (χ1n) is 20.6. The molecule has 0 N–H and O–H groups in total. The fourth-order valence-electron chi connectivity index (χ4n) is 11.6. The van der Waals surface area contributed by atoms with Crippen molar-refractivity contribution >= 4 is 122 Å². The number of anilines is 3. The van der Waals surface area contributed by atoms with Crippen molar-refractivity contribution in [1.82, 2.24) is 13.5 Å². The van der Waals surface area contributed by atoms with E-state index in [0.717, 1.165) is 11.4 Å². The quantitative estimate of drug-likeness (QED) is 0.161. The van der Waals surface area contributed by atoms with Gasteiger partial charge in [0.05, 0.1) is 38.8 Å². The lowest BCUT2D eigenvalue weighted by Crippen LogP contribution is -2.60. The van der Waals surface area contributed by atoms with E-state index in [1.807, 2.05) is 0 Å². The standard InChI is InChI=1S/C54H31BN4/c1-2-14-32(15-3-1)56-46-27-11-7-22-41(46)55-42-23-13-20-38-39-28-29-47-50(40-21-12-19-37-36-18-6-10-26-45(36)58(47)52(37)40)54(39)59(53(38)42)49-31-33(30-48(56)51(49)55)57-43-24-8-4-16-34(43)35-17-5-9-25-44(35)57/h1-31H. The minimum absolute atomic E-state index is 0.0538. The van der Waals surface area contributed by atoms with Crippen molar-refractivity contribution in [2.75, 3.05) is 4.90 Å². The summed E-state index contributed by atoms with van der Waals surface area (Å²) in [7, 11) is 0. The number of nitrogens with zero attached hydrogens (tertiary/aromatic N) is 4. The predicted octanol–water partition coefficient (Wildman–Crippen LogP) is 11.6. The Kier molecular flexibility index (Phi) is 5.46. The van der Waals surface area contributed by atoms with E-state index in [-0.39, 0.29) is 6.71 Å². The Bertz CT molecular complexity index is 3930. The lowest BCUT2D eigenvalue weighted by Gasteiger charge is -2.40. The van der Waals surface area contributed by atoms with Gasteiger partial charge in [-0.2, -0.15) is 0 Å². The van der Waals surface area contributed by atoms with Gasteiger partial charge < -0.3 is 18.4 Å². The van der Waals surface area contributed by atoms with Crippen LogP contribution in [0.3, 0.4) is 0 Å². The molecule has 0 saturated heterocycles. The molecule has 0 bridgehead atoms. The molecule has 0 amide bonds. The van der Waals surface area contributed by atoms with Crippen LogP contribution in [0.25, 0.3) is 93.1 Å². The number of para-hydroxylation sites is 7. The Labute approximate surface area is 338 Å². The van der Waals surface area contributed by atoms with E-state index in [2.05, 4.69) is 206 Å². The van der Waals surface area contributed by atoms with Crippen molar-refractivity contribution in [2.24, 2.45) is 0 Å². The van der Waals surface area contributed by atoms with Crippen LogP contribution in [0.1, 0.15) is 0 Å². The molecule has 9 aromatic carbocycles. The molecule has 0 unspecified atom stereocenters. The largest absolute Gasteiger partial charge is 0.311 e. The Morgan fingerprint density at radius 2 is 0.898 bits per heavy atom. The summed E-state index contributed by atoms with van der Waals surface area (Å²) in [6, 6.07) is 70.3. The topological polar surface area (TPSA) is 17.5 Å². The van der Waals surface area contributed by atoms with Crippen LogP contribution in [0.15, 0.2) is 188 Å². The first-order valence-corrected chi connectivity index (χ1v) is 20.6. The highest BCUT2D eigenvalue weighted by Gasteiger charge is 2.42. The zero-order chi connectivity index (χ0) is 38.1. The van der Waals surface area contributed by atoms with Gasteiger partial charge >= 0.3 is 0 Å². The summed E-state index contributed by atoms with van der Waals surface area (Å²) in [5.41, 5.74) is 18.8. The van der Waals surface area contributed by atoms with E-state index >= 15 is 0 Å². The molecule has 0 fully saturated rings. The molecule has 6 heterocycles. The number of hydrogen-bond donors (Lipinski definition) is 0. The van der Waals surface area contributed by atoms with Crippen LogP contribution in [0, 0.1) is 0 Å². The van der Waals surface area contributed by atoms with Crippen LogP contribution in [-0.4, -0.2) is 20.2 Å². The summed E-state index contributed by atoms with van der Waals surface area (Å²) in [5, 5.41) is 10.3. The summed E-state index contributed by atoms with van der Waals surface area (Å²) in [6.07, 6.45) is 0. The van der Waals surface area contributed by atoms with Crippen LogP contribution in [0.4, 0.5) is 17.1 Å². The number of hydrogen-bond acceptors (Lipinski definition) is 1. The Hall–Kier alpha value is -7.76. The molecule has 15 rings (SSSR count). The van der Waals surface area contributed by atoms with Gasteiger partial charge in [0.15, 0.2) is 0 Å². The van der Waals surface area contributed by atoms with Crippen LogP contribution in [-0.2, 0) is 0 Å². The van der Waals surface area contributed by atoms with Crippen molar-refractivity contribution in [1.29, 1.82) is 0 Å². The van der Waals surface area contributed by atoms with E-state index < -0.39 is 0 Å². The smallest absolute Gasteiger partial charge is 0.252 e. The number of benzene rings is 9. The average Bonchev–Trinajstić information content (AvgIpc) is 4.03. The van der Waals surface area contributed by atoms with E-state index in [4.69, 9.17) is 0 Å². The maximum absolute atomic E-state index is 2.66. The highest BCUT2D eigenvalue weighted by atomic mass is 15.2. The van der Waals surface area contributed by atoms with E-state index in [9.17, 15) is 0 Å². The van der Waals surface area contributed by atoms with Gasteiger partial charge in [0, 0.05) is 71.4 Å². The molecule has 0 spiro atoms. The van der Waals surface area contributed by atoms with Crippen molar-refractivity contribution in [3.8, 4) is 11.4 Å². The summed E-state index contributed by atoms with van der Waals surface area (Å²) < 4.78 is 7.67. The molecule has 59 heavy (non-hydrogen) atoms. The van der Waals surface area contributed by atoms with Gasteiger partial charge in [0.25, 0.3) is 6.71 Å². The first-order chi connectivity index (χ1) is 29.3. The SMILES string of the molecule is c1ccc(N2c3ccccc3B3c4c2cc(-n2c5ccccc5c5ccccc52)cc4-n2c4c3cccc4c3ccc4c(c5cccc6c7ccccc7n4c65)c32)cc1. The number of aromatic nitrogens is 3. The van der Waals surface area contributed by atoms with Gasteiger partial charge in [-0.1, -0.05) is 133 Å². The molecule has 0 saturated carbocycles. The second-order valence-corrected chi connectivity index (χ2v) is 16.4. The monoisotopic (exact) mass is 746 g/mol. The average molecular weight is 747 g/mol. The van der Waals surface area contributed by atoms with Gasteiger partial charge in [0.2, 0.25) is 0 Å². The Morgan fingerprint density at radius 1 is 0.322 bits per heavy atom. The van der Waals surface area contributed by atoms with Crippen molar-refractivity contribution in [3.63, 3.8) is 0 Å². The van der Waals surface area contributed by atoms with Gasteiger partial charge in [-0.3, -0.25) is 0 Å². The fourth-order valence-corrected chi connectivity index (χ4v) is 11.6. The van der Waals surface area contributed by atoms with Gasteiger partial charge in [-0.25, -0.2) is 0 Å². The van der Waals surface area contributed by atoms with Crippen LogP contribution < -0.4 is 21.3 Å². The third-order valence-corrected chi connectivity index (χ3v) is 13.7. The Morgan fingerprint density at radius 3 is 1.69 bits per heavy atom. The molecule has 2 aliphatic heterocycles. The highest BCUT2D eigenvalue weighted by molar-refractivity contribution is 7.00. The third kappa shape index (κ3) is 3.56. The van der Waals surface area contributed by atoms with Crippen LogP contribution in [0.2, 0.25) is 0 Å². The normalized spacial score (nSPS) is 13.4. The zero-order valence-corrected chi connectivity index (χ0v) is 31.8. The second-order valence-electron chi connectivity index (χ2n) is 16.4. The van der Waals surface area contributed by atoms with Crippen molar-refractivity contribution in [2.45, 2.75) is 0 Å². The fraction of sp³-hybridized carbons (Fsp3) is 0. The molecule has 4 aromatic heterocycles. The zero-order valence-electron chi connectivity index (χ0n) is 31.8.